The maximum Gasteiger partial charge on any atom is 0.421 e. The van der Waals surface area contributed by atoms with E-state index in [2.05, 4.69) is 0 Å². The van der Waals surface area contributed by atoms with Gasteiger partial charge in [-0.3, -0.25) is 0 Å². The second-order valence-electron chi connectivity index (χ2n) is 1.08. The fourth-order valence-electron chi connectivity index (χ4n) is 0.141. The van der Waals surface area contributed by atoms with Crippen LogP contribution in [0.25, 0.3) is 0 Å². The van der Waals surface area contributed by atoms with Crippen molar-refractivity contribution in [2.75, 3.05) is 13.1 Å². The topological polar surface area (TPSA) is 20.1 Å². The molecule has 0 N–H and O–H groups in total. The summed E-state index contributed by atoms with van der Waals surface area (Å²) in [5.74, 6) is 0. The summed E-state index contributed by atoms with van der Waals surface area (Å²) in [7, 11) is -0.191. The Kier molecular flexibility index (Phi) is 0.674. The Bertz CT molecular complexity index is 51.6. The lowest BCUT2D eigenvalue weighted by atomic mass is 11.0. The van der Waals surface area contributed by atoms with Crippen LogP contribution in [0.1, 0.15) is 0 Å². The molecule has 0 bridgehead atoms. The van der Waals surface area contributed by atoms with Gasteiger partial charge in [0.15, 0.2) is 0 Å². The molecule has 0 aromatic heterocycles. The van der Waals surface area contributed by atoms with Crippen molar-refractivity contribution in [3.05, 3.63) is 0 Å². The van der Waals surface area contributed by atoms with Gasteiger partial charge in [-0.05, 0) is 0 Å². The highest BCUT2D eigenvalue weighted by Crippen LogP contribution is 2.13. The van der Waals surface area contributed by atoms with Crippen LogP contribution in [-0.2, 0) is 4.57 Å². The van der Waals surface area contributed by atoms with Crippen molar-refractivity contribution >= 4 is 8.61 Å². The summed E-state index contributed by atoms with van der Waals surface area (Å²) in [6.45, 7) is 2.09. The van der Waals surface area contributed by atoms with Gasteiger partial charge in [0.05, 0.1) is 13.1 Å². The van der Waals surface area contributed by atoms with E-state index in [-0.39, 0.29) is 8.61 Å². The molecule has 5 heavy (non-hydrogen) atoms. The Labute approximate surface area is 32.0 Å². The Balaban J connectivity index is 2.21. The van der Waals surface area contributed by atoms with Crippen molar-refractivity contribution in [3.63, 3.8) is 0 Å². The van der Waals surface area contributed by atoms with Crippen LogP contribution in [0.3, 0.4) is 0 Å². The molecule has 2 nitrogen and oxygen atoms in total. The number of rotatable bonds is 1. The van der Waals surface area contributed by atoms with Crippen molar-refractivity contribution in [1.29, 1.82) is 0 Å². The molecule has 28 valence electrons. The SMILES string of the molecule is O=[PH+]N1CC1. The molecule has 1 aliphatic rings. The summed E-state index contributed by atoms with van der Waals surface area (Å²) in [6, 6.07) is 0. The molecule has 1 atom stereocenters. The van der Waals surface area contributed by atoms with Crippen molar-refractivity contribution < 1.29 is 4.57 Å². The first kappa shape index (κ1) is 3.26. The third-order valence-corrected chi connectivity index (χ3v) is 1.28. The first-order valence-electron chi connectivity index (χ1n) is 1.56. The highest BCUT2D eigenvalue weighted by molar-refractivity contribution is 7.21. The minimum atomic E-state index is -0.191. The van der Waals surface area contributed by atoms with Crippen LogP contribution in [0.5, 0.6) is 0 Å². The molecular formula is C2H5NOP+. The van der Waals surface area contributed by atoms with Crippen molar-refractivity contribution in [3.8, 4) is 0 Å². The van der Waals surface area contributed by atoms with Gasteiger partial charge in [-0.25, -0.2) is 0 Å². The molecule has 0 radical (unpaired) electrons. The number of hydrogen-bond donors (Lipinski definition) is 0. The second-order valence-corrected chi connectivity index (χ2v) is 1.89. The predicted octanol–water partition coefficient (Wildman–Crippen LogP) is 0.241. The molecule has 0 saturated carbocycles. The quantitative estimate of drug-likeness (QED) is 0.339. The molecule has 1 aliphatic heterocycles. The average molecular weight is 90.0 g/mol. The lowest BCUT2D eigenvalue weighted by Crippen LogP contribution is -1.61. The van der Waals surface area contributed by atoms with Crippen LogP contribution < -0.4 is 0 Å². The van der Waals surface area contributed by atoms with E-state index in [0.717, 1.165) is 13.1 Å². The van der Waals surface area contributed by atoms with Crippen LogP contribution in [0.2, 0.25) is 0 Å². The lowest BCUT2D eigenvalue weighted by Gasteiger charge is -1.51. The molecule has 0 aromatic carbocycles. The minimum Gasteiger partial charge on any atom is -0.0958 e. The summed E-state index contributed by atoms with van der Waals surface area (Å²) >= 11 is 0. The monoisotopic (exact) mass is 90.0 g/mol. The maximum absolute atomic E-state index is 9.65. The average Bonchev–Trinajstić information content (AvgIpc) is 2.12. The van der Waals surface area contributed by atoms with Gasteiger partial charge in [-0.2, -0.15) is 0 Å². The van der Waals surface area contributed by atoms with Gasteiger partial charge in [-0.15, -0.1) is 0 Å². The summed E-state index contributed by atoms with van der Waals surface area (Å²) < 4.78 is 11.5. The van der Waals surface area contributed by atoms with Crippen LogP contribution in [0.4, 0.5) is 0 Å². The first-order chi connectivity index (χ1) is 2.43. The normalized spacial score (nSPS) is 24.0. The third-order valence-electron chi connectivity index (χ3n) is 0.576. The van der Waals surface area contributed by atoms with Crippen LogP contribution in [0, 0.1) is 0 Å². The first-order valence-corrected chi connectivity index (χ1v) is 2.42. The molecule has 1 unspecified atom stereocenters. The van der Waals surface area contributed by atoms with Gasteiger partial charge < -0.3 is 0 Å². The van der Waals surface area contributed by atoms with Crippen LogP contribution in [-0.4, -0.2) is 17.8 Å². The zero-order valence-corrected chi connectivity index (χ0v) is 3.77. The molecule has 3 heteroatoms. The van der Waals surface area contributed by atoms with Crippen LogP contribution in [0.15, 0.2) is 0 Å². The molecule has 0 aliphatic carbocycles. The van der Waals surface area contributed by atoms with Gasteiger partial charge in [0.2, 0.25) is 0 Å². The van der Waals surface area contributed by atoms with Gasteiger partial charge in [0.25, 0.3) is 0 Å². The Morgan fingerprint density at radius 2 is 2.20 bits per heavy atom. The highest BCUT2D eigenvalue weighted by Gasteiger charge is 2.24. The molecule has 1 heterocycles. The van der Waals surface area contributed by atoms with E-state index >= 15 is 0 Å². The van der Waals surface area contributed by atoms with Gasteiger partial charge in [0, 0.05) is 0 Å². The van der Waals surface area contributed by atoms with Crippen LogP contribution >= 0.6 is 8.61 Å². The highest BCUT2D eigenvalue weighted by atomic mass is 31.1. The fraction of sp³-hybridized carbons (Fsp3) is 1.00. The summed E-state index contributed by atoms with van der Waals surface area (Å²) in [5.41, 5.74) is 0. The third kappa shape index (κ3) is 0.673. The molecule has 0 spiro atoms. The Morgan fingerprint density at radius 3 is 2.20 bits per heavy atom. The van der Waals surface area contributed by atoms with Gasteiger partial charge in [0.1, 0.15) is 0 Å². The standard InChI is InChI=1S/C2H4NOP/c4-5-3-1-2-3/h1-2H2/p+1. The Morgan fingerprint density at radius 1 is 1.60 bits per heavy atom. The maximum atomic E-state index is 9.65. The molecule has 1 rings (SSSR count). The van der Waals surface area contributed by atoms with E-state index in [4.69, 9.17) is 0 Å². The number of hydrogen-bond acceptors (Lipinski definition) is 1. The zero-order chi connectivity index (χ0) is 3.70. The van der Waals surface area contributed by atoms with E-state index in [1.165, 1.54) is 0 Å². The van der Waals surface area contributed by atoms with E-state index < -0.39 is 0 Å². The van der Waals surface area contributed by atoms with Gasteiger partial charge in [-0.1, -0.05) is 9.24 Å². The second kappa shape index (κ2) is 1.04. The van der Waals surface area contributed by atoms with Crippen molar-refractivity contribution in [1.82, 2.24) is 4.67 Å². The largest absolute Gasteiger partial charge is 0.421 e. The Hall–Kier alpha value is 0.0600. The van der Waals surface area contributed by atoms with Crippen molar-refractivity contribution in [2.24, 2.45) is 0 Å². The summed E-state index contributed by atoms with van der Waals surface area (Å²) in [4.78, 5) is 0. The number of nitrogens with zero attached hydrogens (tertiary/aromatic N) is 1. The molecule has 1 saturated heterocycles. The fourth-order valence-corrected chi connectivity index (χ4v) is 0.424. The molecule has 0 amide bonds. The predicted molar refractivity (Wildman–Crippen MR) is 20.6 cm³/mol. The minimum absolute atomic E-state index is 0.191. The molecule has 0 aromatic rings. The summed E-state index contributed by atoms with van der Waals surface area (Å²) in [5, 5.41) is 0. The smallest absolute Gasteiger partial charge is 0.0958 e. The zero-order valence-electron chi connectivity index (χ0n) is 2.77. The van der Waals surface area contributed by atoms with E-state index in [1.807, 2.05) is 4.67 Å². The van der Waals surface area contributed by atoms with E-state index in [0.29, 0.717) is 0 Å². The molecule has 1 fully saturated rings. The molecular weight excluding hydrogens is 85.0 g/mol. The van der Waals surface area contributed by atoms with E-state index in [9.17, 15) is 4.57 Å². The van der Waals surface area contributed by atoms with Gasteiger partial charge >= 0.3 is 8.61 Å². The lowest BCUT2D eigenvalue weighted by molar-refractivity contribution is 0.581. The van der Waals surface area contributed by atoms with Crippen molar-refractivity contribution in [2.45, 2.75) is 0 Å². The van der Waals surface area contributed by atoms with E-state index in [1.54, 1.807) is 0 Å². The summed E-state index contributed by atoms with van der Waals surface area (Å²) in [6.07, 6.45) is 0.